The van der Waals surface area contributed by atoms with Gasteiger partial charge in [0.05, 0.1) is 0 Å². The summed E-state index contributed by atoms with van der Waals surface area (Å²) in [6, 6.07) is -0.716. The van der Waals surface area contributed by atoms with Gasteiger partial charge in [-0.15, -0.1) is 0 Å². The second kappa shape index (κ2) is 25.9. The van der Waals surface area contributed by atoms with Crippen molar-refractivity contribution in [3.63, 3.8) is 0 Å². The van der Waals surface area contributed by atoms with Crippen LogP contribution in [0.3, 0.4) is 0 Å². The minimum Gasteiger partial charge on any atom is -0.481 e. The molecule has 30 heavy (non-hydrogen) atoms. The van der Waals surface area contributed by atoms with E-state index in [4.69, 9.17) is 21.7 Å². The van der Waals surface area contributed by atoms with E-state index in [-0.39, 0.29) is 0 Å². The van der Waals surface area contributed by atoms with E-state index in [1.54, 1.807) is 0 Å². The molecule has 0 rings (SSSR count). The lowest BCUT2D eigenvalue weighted by Gasteiger charge is -2.03. The number of carboxylic acids is 2. The molecule has 0 fully saturated rings. The van der Waals surface area contributed by atoms with Crippen molar-refractivity contribution in [2.75, 3.05) is 6.54 Å². The molecule has 0 aliphatic heterocycles. The Morgan fingerprint density at radius 3 is 1.40 bits per heavy atom. The maximum absolute atomic E-state index is 10.3. The largest absolute Gasteiger partial charge is 0.481 e. The highest BCUT2D eigenvalue weighted by molar-refractivity contribution is 5.72. The van der Waals surface area contributed by atoms with Gasteiger partial charge in [-0.1, -0.05) is 103 Å². The number of aliphatic carboxylic acids is 2. The summed E-state index contributed by atoms with van der Waals surface area (Å²) in [4.78, 5) is 20.5. The minimum atomic E-state index is -0.933. The highest BCUT2D eigenvalue weighted by Crippen LogP contribution is 2.13. The van der Waals surface area contributed by atoms with Gasteiger partial charge in [0, 0.05) is 6.42 Å². The van der Waals surface area contributed by atoms with E-state index in [0.29, 0.717) is 19.4 Å². The predicted molar refractivity (Wildman–Crippen MR) is 126 cm³/mol. The Morgan fingerprint density at radius 1 is 0.667 bits per heavy atom. The van der Waals surface area contributed by atoms with Crippen molar-refractivity contribution in [2.45, 2.75) is 135 Å². The lowest BCUT2D eigenvalue weighted by atomic mass is 10.0. The molecule has 0 heterocycles. The molecule has 0 saturated heterocycles. The number of unbranched alkanes of at least 4 members (excludes halogenated alkanes) is 15. The van der Waals surface area contributed by atoms with Crippen LogP contribution < -0.4 is 11.5 Å². The molecule has 0 spiro atoms. The zero-order chi connectivity index (χ0) is 22.9. The van der Waals surface area contributed by atoms with E-state index in [1.807, 2.05) is 0 Å². The van der Waals surface area contributed by atoms with E-state index >= 15 is 0 Å². The number of rotatable bonds is 21. The average Bonchev–Trinajstić information content (AvgIpc) is 2.71. The van der Waals surface area contributed by atoms with Crippen LogP contribution in [0.25, 0.3) is 0 Å². The van der Waals surface area contributed by atoms with Crippen LogP contribution in [-0.4, -0.2) is 34.7 Å². The van der Waals surface area contributed by atoms with Gasteiger partial charge >= 0.3 is 11.9 Å². The number of hydrogen-bond acceptors (Lipinski definition) is 4. The molecule has 1 unspecified atom stereocenters. The third-order valence-corrected chi connectivity index (χ3v) is 5.28. The number of carboxylic acid groups (broad SMARTS) is 2. The first-order chi connectivity index (χ1) is 14.5. The normalized spacial score (nSPS) is 11.6. The van der Waals surface area contributed by atoms with Crippen molar-refractivity contribution in [1.29, 1.82) is 0 Å². The Bertz CT molecular complexity index is 378. The van der Waals surface area contributed by atoms with Gasteiger partial charge in [0.1, 0.15) is 6.04 Å². The topological polar surface area (TPSA) is 127 Å². The summed E-state index contributed by atoms with van der Waals surface area (Å²) in [5.74, 6) is -1.59. The first-order valence-electron chi connectivity index (χ1n) is 12.4. The second-order valence-corrected chi connectivity index (χ2v) is 8.32. The van der Waals surface area contributed by atoms with Crippen LogP contribution >= 0.6 is 0 Å². The molecule has 0 aliphatic carbocycles. The van der Waals surface area contributed by atoms with E-state index in [1.165, 1.54) is 83.5 Å². The summed E-state index contributed by atoms with van der Waals surface area (Å²) in [6.07, 6.45) is 22.4. The van der Waals surface area contributed by atoms with Gasteiger partial charge in [0.15, 0.2) is 0 Å². The molecular formula is C24H50N2O4. The van der Waals surface area contributed by atoms with Crippen LogP contribution in [0.15, 0.2) is 0 Å². The van der Waals surface area contributed by atoms with Crippen LogP contribution in [0, 0.1) is 0 Å². The summed E-state index contributed by atoms with van der Waals surface area (Å²) >= 11 is 0. The number of nitrogens with two attached hydrogens (primary N) is 2. The Hall–Kier alpha value is -1.14. The van der Waals surface area contributed by atoms with Gasteiger partial charge in [-0.05, 0) is 25.8 Å². The van der Waals surface area contributed by atoms with Gasteiger partial charge in [-0.3, -0.25) is 9.59 Å². The van der Waals surface area contributed by atoms with Gasteiger partial charge in [-0.25, -0.2) is 0 Å². The van der Waals surface area contributed by atoms with Crippen molar-refractivity contribution in [3.05, 3.63) is 0 Å². The van der Waals surface area contributed by atoms with Crippen molar-refractivity contribution >= 4 is 11.9 Å². The van der Waals surface area contributed by atoms with E-state index in [2.05, 4.69) is 6.92 Å². The molecular weight excluding hydrogens is 380 g/mol. The predicted octanol–water partition coefficient (Wildman–Crippen LogP) is 5.86. The molecule has 1 atom stereocenters. The first-order valence-corrected chi connectivity index (χ1v) is 12.4. The van der Waals surface area contributed by atoms with E-state index in [0.717, 1.165) is 25.7 Å². The molecule has 0 aliphatic rings. The highest BCUT2D eigenvalue weighted by atomic mass is 16.4. The molecule has 0 amide bonds. The van der Waals surface area contributed by atoms with Crippen molar-refractivity contribution in [2.24, 2.45) is 11.5 Å². The Balaban J connectivity index is 0. The standard InChI is InChI=1S/C18H36O2.C6H14N2O2/c1-2-3-4-5-6-7-8-9-10-11-12-13-14-15-16-17-18(19)20;7-4-2-1-3-5(8)6(9)10/h2-17H2,1H3,(H,19,20);5H,1-4,7-8H2,(H,9,10). The summed E-state index contributed by atoms with van der Waals surface area (Å²) in [5, 5.41) is 16.8. The molecule has 0 aromatic carbocycles. The molecule has 0 bridgehead atoms. The molecule has 6 N–H and O–H groups in total. The fraction of sp³-hybridized carbons (Fsp3) is 0.917. The summed E-state index contributed by atoms with van der Waals surface area (Å²) in [7, 11) is 0. The monoisotopic (exact) mass is 430 g/mol. The van der Waals surface area contributed by atoms with Crippen molar-refractivity contribution < 1.29 is 19.8 Å². The van der Waals surface area contributed by atoms with Crippen LogP contribution in [0.1, 0.15) is 129 Å². The van der Waals surface area contributed by atoms with E-state index < -0.39 is 18.0 Å². The number of hydrogen-bond donors (Lipinski definition) is 4. The van der Waals surface area contributed by atoms with Crippen LogP contribution in [-0.2, 0) is 9.59 Å². The summed E-state index contributed by atoms with van der Waals surface area (Å²) < 4.78 is 0. The molecule has 0 saturated carbocycles. The molecule has 6 nitrogen and oxygen atoms in total. The second-order valence-electron chi connectivity index (χ2n) is 8.32. The van der Waals surface area contributed by atoms with Crippen molar-refractivity contribution in [1.82, 2.24) is 0 Å². The van der Waals surface area contributed by atoms with Crippen LogP contribution in [0.5, 0.6) is 0 Å². The highest BCUT2D eigenvalue weighted by Gasteiger charge is 2.09. The maximum Gasteiger partial charge on any atom is 0.320 e. The number of carbonyl (C=O) groups is 2. The maximum atomic E-state index is 10.3. The zero-order valence-corrected chi connectivity index (χ0v) is 19.6. The smallest absolute Gasteiger partial charge is 0.320 e. The summed E-state index contributed by atoms with van der Waals surface area (Å²) in [6.45, 7) is 2.87. The van der Waals surface area contributed by atoms with Gasteiger partial charge in [0.2, 0.25) is 0 Å². The molecule has 6 heteroatoms. The first kappa shape index (κ1) is 31.0. The fourth-order valence-electron chi connectivity index (χ4n) is 3.28. The fourth-order valence-corrected chi connectivity index (χ4v) is 3.28. The zero-order valence-electron chi connectivity index (χ0n) is 19.6. The van der Waals surface area contributed by atoms with Crippen LogP contribution in [0.2, 0.25) is 0 Å². The average molecular weight is 431 g/mol. The third kappa shape index (κ3) is 29.1. The molecule has 0 aromatic heterocycles. The minimum absolute atomic E-state index is 0.345. The molecule has 0 aromatic rings. The molecule has 180 valence electrons. The Labute approximate surface area is 185 Å². The van der Waals surface area contributed by atoms with Crippen LogP contribution in [0.4, 0.5) is 0 Å². The quantitative estimate of drug-likeness (QED) is 0.169. The van der Waals surface area contributed by atoms with Gasteiger partial charge in [0.25, 0.3) is 0 Å². The molecule has 0 radical (unpaired) electrons. The SMILES string of the molecule is CCCCCCCCCCCCCCCCCC(=O)O.NCCCCC(N)C(=O)O. The Morgan fingerprint density at radius 2 is 1.07 bits per heavy atom. The lowest BCUT2D eigenvalue weighted by molar-refractivity contribution is -0.139. The summed E-state index contributed by atoms with van der Waals surface area (Å²) in [5.41, 5.74) is 10.4. The van der Waals surface area contributed by atoms with Gasteiger partial charge < -0.3 is 21.7 Å². The van der Waals surface area contributed by atoms with E-state index in [9.17, 15) is 9.59 Å². The Kier molecular flexibility index (Phi) is 26.8. The van der Waals surface area contributed by atoms with Gasteiger partial charge in [-0.2, -0.15) is 0 Å². The van der Waals surface area contributed by atoms with Crippen molar-refractivity contribution in [3.8, 4) is 0 Å². The third-order valence-electron chi connectivity index (χ3n) is 5.28. The lowest BCUT2D eigenvalue weighted by Crippen LogP contribution is -2.29.